The van der Waals surface area contributed by atoms with Gasteiger partial charge in [-0.25, -0.2) is 0 Å². The SMILES string of the molecule is C=C(C)c1ccc(O)c(Cl)c1O. The number of hydrogen-bond donors (Lipinski definition) is 2. The van der Waals surface area contributed by atoms with E-state index in [-0.39, 0.29) is 16.5 Å². The summed E-state index contributed by atoms with van der Waals surface area (Å²) in [5.41, 5.74) is 1.26. The van der Waals surface area contributed by atoms with Crippen molar-refractivity contribution < 1.29 is 10.2 Å². The van der Waals surface area contributed by atoms with Crippen LogP contribution >= 0.6 is 11.6 Å². The normalized spacial score (nSPS) is 9.83. The van der Waals surface area contributed by atoms with Crippen molar-refractivity contribution in [1.29, 1.82) is 0 Å². The summed E-state index contributed by atoms with van der Waals surface area (Å²) in [6.07, 6.45) is 0. The molecule has 0 heterocycles. The average molecular weight is 185 g/mol. The number of rotatable bonds is 1. The van der Waals surface area contributed by atoms with Gasteiger partial charge < -0.3 is 10.2 Å². The lowest BCUT2D eigenvalue weighted by Crippen LogP contribution is -1.80. The Balaban J connectivity index is 3.36. The average Bonchev–Trinajstić information content (AvgIpc) is 2.00. The number of allylic oxidation sites excluding steroid dienone is 1. The van der Waals surface area contributed by atoms with Gasteiger partial charge in [0.2, 0.25) is 0 Å². The summed E-state index contributed by atoms with van der Waals surface area (Å²) in [4.78, 5) is 0. The predicted octanol–water partition coefficient (Wildman–Crippen LogP) is 2.78. The smallest absolute Gasteiger partial charge is 0.145 e. The molecule has 2 N–H and O–H groups in total. The lowest BCUT2D eigenvalue weighted by Gasteiger charge is -2.05. The van der Waals surface area contributed by atoms with Crippen LogP contribution in [-0.4, -0.2) is 10.2 Å². The van der Waals surface area contributed by atoms with Gasteiger partial charge in [-0.05, 0) is 24.6 Å². The molecule has 64 valence electrons. The van der Waals surface area contributed by atoms with Gasteiger partial charge in [0.25, 0.3) is 0 Å². The maximum absolute atomic E-state index is 9.40. The molecule has 12 heavy (non-hydrogen) atoms. The summed E-state index contributed by atoms with van der Waals surface area (Å²) in [7, 11) is 0. The molecule has 0 radical (unpaired) electrons. The first-order valence-corrected chi connectivity index (χ1v) is 3.78. The number of benzene rings is 1. The molecule has 0 amide bonds. The molecule has 0 aliphatic heterocycles. The third-order valence-electron chi connectivity index (χ3n) is 1.56. The van der Waals surface area contributed by atoms with Crippen molar-refractivity contribution in [1.82, 2.24) is 0 Å². The quantitative estimate of drug-likeness (QED) is 0.705. The van der Waals surface area contributed by atoms with E-state index in [2.05, 4.69) is 6.58 Å². The van der Waals surface area contributed by atoms with Crippen molar-refractivity contribution in [2.24, 2.45) is 0 Å². The Labute approximate surface area is 75.7 Å². The van der Waals surface area contributed by atoms with Gasteiger partial charge in [0.15, 0.2) is 0 Å². The van der Waals surface area contributed by atoms with Crippen molar-refractivity contribution in [2.45, 2.75) is 6.92 Å². The Kier molecular flexibility index (Phi) is 2.29. The van der Waals surface area contributed by atoms with Gasteiger partial charge in [-0.3, -0.25) is 0 Å². The molecule has 0 spiro atoms. The Bertz CT molecular complexity index is 332. The van der Waals surface area contributed by atoms with Gasteiger partial charge in [-0.15, -0.1) is 0 Å². The van der Waals surface area contributed by atoms with Crippen LogP contribution in [0.5, 0.6) is 11.5 Å². The van der Waals surface area contributed by atoms with Crippen LogP contribution in [0.15, 0.2) is 18.7 Å². The zero-order valence-electron chi connectivity index (χ0n) is 6.63. The molecule has 0 saturated carbocycles. The van der Waals surface area contributed by atoms with Gasteiger partial charge in [0.1, 0.15) is 16.5 Å². The number of phenolic OH excluding ortho intramolecular Hbond substituents is 2. The first kappa shape index (κ1) is 8.94. The van der Waals surface area contributed by atoms with Gasteiger partial charge in [0.05, 0.1) is 0 Å². The molecule has 0 bridgehead atoms. The van der Waals surface area contributed by atoms with Crippen molar-refractivity contribution in [3.05, 3.63) is 29.3 Å². The number of halogens is 1. The molecule has 0 aliphatic rings. The van der Waals surface area contributed by atoms with E-state index in [1.54, 1.807) is 13.0 Å². The van der Waals surface area contributed by atoms with Crippen LogP contribution in [-0.2, 0) is 0 Å². The molecular formula is C9H9ClO2. The Morgan fingerprint density at radius 2 is 2.00 bits per heavy atom. The minimum Gasteiger partial charge on any atom is -0.506 e. The topological polar surface area (TPSA) is 40.5 Å². The third kappa shape index (κ3) is 1.38. The molecular weight excluding hydrogens is 176 g/mol. The fourth-order valence-corrected chi connectivity index (χ4v) is 1.06. The standard InChI is InChI=1S/C9H9ClO2/c1-5(2)6-3-4-7(11)8(10)9(6)12/h3-4,11-12H,1H2,2H3. The fraction of sp³-hybridized carbons (Fsp3) is 0.111. The van der Waals surface area contributed by atoms with Gasteiger partial charge in [-0.2, -0.15) is 0 Å². The molecule has 0 fully saturated rings. The second-order valence-corrected chi connectivity index (χ2v) is 2.95. The van der Waals surface area contributed by atoms with E-state index in [9.17, 15) is 5.11 Å². The molecule has 0 aliphatic carbocycles. The van der Waals surface area contributed by atoms with Crippen LogP contribution in [0.4, 0.5) is 0 Å². The molecule has 2 nitrogen and oxygen atoms in total. The van der Waals surface area contributed by atoms with E-state index < -0.39 is 0 Å². The van der Waals surface area contributed by atoms with E-state index in [1.165, 1.54) is 6.07 Å². The predicted molar refractivity (Wildman–Crippen MR) is 49.5 cm³/mol. The van der Waals surface area contributed by atoms with Crippen molar-refractivity contribution >= 4 is 17.2 Å². The fourth-order valence-electron chi connectivity index (χ4n) is 0.898. The van der Waals surface area contributed by atoms with Crippen LogP contribution in [0, 0.1) is 0 Å². The van der Waals surface area contributed by atoms with Crippen molar-refractivity contribution in [3.8, 4) is 11.5 Å². The minimum absolute atomic E-state index is 0.0319. The largest absolute Gasteiger partial charge is 0.506 e. The molecule has 1 aromatic rings. The van der Waals surface area contributed by atoms with Crippen LogP contribution < -0.4 is 0 Å². The summed E-state index contributed by atoms with van der Waals surface area (Å²) < 4.78 is 0. The lowest BCUT2D eigenvalue weighted by molar-refractivity contribution is 0.450. The molecule has 3 heteroatoms. The zero-order chi connectivity index (χ0) is 9.30. The highest BCUT2D eigenvalue weighted by molar-refractivity contribution is 6.33. The van der Waals surface area contributed by atoms with E-state index in [4.69, 9.17) is 16.7 Å². The molecule has 0 atom stereocenters. The monoisotopic (exact) mass is 184 g/mol. The van der Waals surface area contributed by atoms with Crippen LogP contribution in [0.2, 0.25) is 5.02 Å². The molecule has 1 rings (SSSR count). The maximum Gasteiger partial charge on any atom is 0.145 e. The maximum atomic E-state index is 9.40. The van der Waals surface area contributed by atoms with E-state index >= 15 is 0 Å². The van der Waals surface area contributed by atoms with Crippen molar-refractivity contribution in [2.75, 3.05) is 0 Å². The van der Waals surface area contributed by atoms with E-state index in [0.29, 0.717) is 11.1 Å². The highest BCUT2D eigenvalue weighted by Gasteiger charge is 2.09. The summed E-state index contributed by atoms with van der Waals surface area (Å²) in [6, 6.07) is 2.99. The number of phenols is 2. The highest BCUT2D eigenvalue weighted by Crippen LogP contribution is 2.37. The first-order chi connectivity index (χ1) is 5.54. The van der Waals surface area contributed by atoms with Gasteiger partial charge in [0, 0.05) is 5.56 Å². The second-order valence-electron chi connectivity index (χ2n) is 2.58. The Morgan fingerprint density at radius 3 is 2.50 bits per heavy atom. The number of hydrogen-bond acceptors (Lipinski definition) is 2. The van der Waals surface area contributed by atoms with E-state index in [0.717, 1.165) is 0 Å². The van der Waals surface area contributed by atoms with Crippen LogP contribution in [0.25, 0.3) is 5.57 Å². The van der Waals surface area contributed by atoms with Crippen LogP contribution in [0.3, 0.4) is 0 Å². The van der Waals surface area contributed by atoms with E-state index in [1.807, 2.05) is 0 Å². The third-order valence-corrected chi connectivity index (χ3v) is 1.93. The second kappa shape index (κ2) is 3.07. The minimum atomic E-state index is -0.126. The van der Waals surface area contributed by atoms with Crippen LogP contribution in [0.1, 0.15) is 12.5 Å². The highest BCUT2D eigenvalue weighted by atomic mass is 35.5. The first-order valence-electron chi connectivity index (χ1n) is 3.40. The summed E-state index contributed by atoms with van der Waals surface area (Å²) in [5.74, 6) is -0.247. The Hall–Kier alpha value is -1.15. The molecule has 0 saturated heterocycles. The van der Waals surface area contributed by atoms with Gasteiger partial charge in [-0.1, -0.05) is 18.2 Å². The summed E-state index contributed by atoms with van der Waals surface area (Å²) >= 11 is 5.59. The Morgan fingerprint density at radius 1 is 1.42 bits per heavy atom. The molecule has 0 unspecified atom stereocenters. The zero-order valence-corrected chi connectivity index (χ0v) is 7.39. The van der Waals surface area contributed by atoms with Crippen molar-refractivity contribution in [3.63, 3.8) is 0 Å². The lowest BCUT2D eigenvalue weighted by atomic mass is 10.1. The summed E-state index contributed by atoms with van der Waals surface area (Å²) in [5, 5.41) is 18.4. The summed E-state index contributed by atoms with van der Waals surface area (Å²) in [6.45, 7) is 5.41. The number of aromatic hydroxyl groups is 2. The molecule has 0 aromatic heterocycles. The van der Waals surface area contributed by atoms with Gasteiger partial charge >= 0.3 is 0 Å². The molecule has 1 aromatic carbocycles.